The van der Waals surface area contributed by atoms with Crippen LogP contribution in [0.5, 0.6) is 5.75 Å². The van der Waals surface area contributed by atoms with Crippen molar-refractivity contribution in [2.24, 2.45) is 0 Å². The molecule has 1 aliphatic rings. The molecule has 4 aromatic rings. The lowest BCUT2D eigenvalue weighted by atomic mass is 10.2. The van der Waals surface area contributed by atoms with E-state index in [1.54, 1.807) is 44.2 Å². The third kappa shape index (κ3) is 4.12. The Hall–Kier alpha value is -3.56. The van der Waals surface area contributed by atoms with Crippen molar-refractivity contribution >= 4 is 39.8 Å². The van der Waals surface area contributed by atoms with Crippen LogP contribution in [0.25, 0.3) is 22.3 Å². The molecule has 0 aliphatic carbocycles. The molecule has 0 spiro atoms. The smallest absolute Gasteiger partial charge is 0.162 e. The Balaban J connectivity index is 1.58. The zero-order valence-electron chi connectivity index (χ0n) is 17.4. The summed E-state index contributed by atoms with van der Waals surface area (Å²) in [4.78, 5) is 24.8. The lowest BCUT2D eigenvalue weighted by Crippen LogP contribution is -2.44. The van der Waals surface area contributed by atoms with E-state index in [2.05, 4.69) is 30.5 Å². The summed E-state index contributed by atoms with van der Waals surface area (Å²) in [5.41, 5.74) is 2.31. The second kappa shape index (κ2) is 8.89. The van der Waals surface area contributed by atoms with Gasteiger partial charge in [0.2, 0.25) is 0 Å². The van der Waals surface area contributed by atoms with Crippen molar-refractivity contribution in [3.8, 4) is 17.1 Å². The quantitative estimate of drug-likeness (QED) is 0.476. The molecule has 2 N–H and O–H groups in total. The first-order valence-electron chi connectivity index (χ1n) is 10.2. The van der Waals surface area contributed by atoms with Crippen LogP contribution in [-0.2, 0) is 0 Å². The van der Waals surface area contributed by atoms with Gasteiger partial charge < -0.3 is 20.3 Å². The fourth-order valence-corrected chi connectivity index (χ4v) is 3.87. The van der Waals surface area contributed by atoms with Crippen molar-refractivity contribution in [2.45, 2.75) is 0 Å². The first-order valence-corrected chi connectivity index (χ1v) is 10.6. The molecule has 1 saturated heterocycles. The van der Waals surface area contributed by atoms with Gasteiger partial charge in [0, 0.05) is 44.1 Å². The number of nitrogens with zero attached hydrogens (tertiary/aromatic N) is 6. The molecule has 1 aliphatic heterocycles. The lowest BCUT2D eigenvalue weighted by Gasteiger charge is -2.29. The Morgan fingerprint density at radius 1 is 1.06 bits per heavy atom. The number of methoxy groups -OCH3 is 1. The molecule has 10 heteroatoms. The van der Waals surface area contributed by atoms with Crippen LogP contribution in [-0.4, -0.2) is 58.2 Å². The number of aromatic nitrogens is 5. The highest BCUT2D eigenvalue weighted by Crippen LogP contribution is 2.34. The molecule has 0 radical (unpaired) electrons. The van der Waals surface area contributed by atoms with Crippen LogP contribution in [0.2, 0.25) is 5.02 Å². The zero-order chi connectivity index (χ0) is 21.9. The van der Waals surface area contributed by atoms with Crippen LogP contribution in [0.15, 0.2) is 49.2 Å². The lowest BCUT2D eigenvalue weighted by molar-refractivity contribution is 0.418. The molecule has 162 valence electrons. The summed E-state index contributed by atoms with van der Waals surface area (Å²) in [5, 5.41) is 8.02. The minimum atomic E-state index is 0.547. The van der Waals surface area contributed by atoms with Crippen LogP contribution in [0.3, 0.4) is 0 Å². The van der Waals surface area contributed by atoms with E-state index in [-0.39, 0.29) is 0 Å². The van der Waals surface area contributed by atoms with Crippen LogP contribution < -0.4 is 20.3 Å². The molecular weight excluding hydrogens is 428 g/mol. The molecular formula is C22H21ClN8O. The van der Waals surface area contributed by atoms with E-state index in [1.807, 2.05) is 12.1 Å². The second-order valence-corrected chi connectivity index (χ2v) is 7.73. The Bertz CT molecular complexity index is 1260. The maximum absolute atomic E-state index is 6.04. The molecule has 0 saturated carbocycles. The van der Waals surface area contributed by atoms with Crippen molar-refractivity contribution < 1.29 is 4.74 Å². The minimum Gasteiger partial charge on any atom is -0.494 e. The predicted octanol–water partition coefficient (Wildman–Crippen LogP) is 3.30. The number of rotatable bonds is 5. The Morgan fingerprint density at radius 2 is 1.91 bits per heavy atom. The van der Waals surface area contributed by atoms with Gasteiger partial charge in [0.05, 0.1) is 47.3 Å². The van der Waals surface area contributed by atoms with Crippen LogP contribution in [0, 0.1) is 0 Å². The van der Waals surface area contributed by atoms with Gasteiger partial charge in [-0.15, -0.1) is 0 Å². The summed E-state index contributed by atoms with van der Waals surface area (Å²) in [5.74, 6) is 2.74. The highest BCUT2D eigenvalue weighted by Gasteiger charge is 2.20. The number of piperazine rings is 1. The normalized spacial score (nSPS) is 13.9. The van der Waals surface area contributed by atoms with E-state index in [0.29, 0.717) is 22.4 Å². The van der Waals surface area contributed by atoms with Crippen molar-refractivity contribution in [2.75, 3.05) is 43.5 Å². The van der Waals surface area contributed by atoms with Gasteiger partial charge in [0.25, 0.3) is 0 Å². The molecule has 5 heterocycles. The van der Waals surface area contributed by atoms with Gasteiger partial charge in [-0.25, -0.2) is 15.0 Å². The predicted molar refractivity (Wildman–Crippen MR) is 125 cm³/mol. The van der Waals surface area contributed by atoms with Crippen LogP contribution >= 0.6 is 11.6 Å². The maximum atomic E-state index is 6.04. The van der Waals surface area contributed by atoms with Crippen molar-refractivity contribution in [1.82, 2.24) is 30.2 Å². The summed E-state index contributed by atoms with van der Waals surface area (Å²) in [6, 6.07) is 5.57. The molecule has 0 aromatic carbocycles. The van der Waals surface area contributed by atoms with E-state index >= 15 is 0 Å². The monoisotopic (exact) mass is 448 g/mol. The highest BCUT2D eigenvalue weighted by atomic mass is 35.5. The average molecular weight is 449 g/mol. The summed E-state index contributed by atoms with van der Waals surface area (Å²) in [7, 11) is 1.64. The first-order chi connectivity index (χ1) is 15.7. The largest absolute Gasteiger partial charge is 0.494 e. The summed E-state index contributed by atoms with van der Waals surface area (Å²) < 4.78 is 5.58. The molecule has 0 amide bonds. The molecule has 1 fully saturated rings. The summed E-state index contributed by atoms with van der Waals surface area (Å²) in [6.07, 6.45) is 8.43. The number of anilines is 3. The van der Waals surface area contributed by atoms with Gasteiger partial charge in [-0.1, -0.05) is 11.6 Å². The molecule has 0 unspecified atom stereocenters. The topological polar surface area (TPSA) is 101 Å². The number of nitrogens with one attached hydrogen (secondary N) is 2. The van der Waals surface area contributed by atoms with Gasteiger partial charge in [0.1, 0.15) is 17.4 Å². The minimum absolute atomic E-state index is 0.547. The number of ether oxygens (including phenoxy) is 1. The van der Waals surface area contributed by atoms with Gasteiger partial charge in [-0.3, -0.25) is 9.97 Å². The number of hydrogen-bond donors (Lipinski definition) is 2. The first kappa shape index (κ1) is 20.3. The highest BCUT2D eigenvalue weighted by molar-refractivity contribution is 6.30. The number of pyridine rings is 3. The number of hydrogen-bond acceptors (Lipinski definition) is 9. The van der Waals surface area contributed by atoms with Crippen molar-refractivity contribution in [3.05, 3.63) is 54.2 Å². The molecule has 0 bridgehead atoms. The third-order valence-corrected chi connectivity index (χ3v) is 5.39. The SMILES string of the molecule is COc1cncc2nc(-c3ccnc(Nc4cncc(Cl)c4)c3)nc(N3CCNCC3)c12. The maximum Gasteiger partial charge on any atom is 0.162 e. The fourth-order valence-electron chi connectivity index (χ4n) is 3.69. The second-order valence-electron chi connectivity index (χ2n) is 7.29. The van der Waals surface area contributed by atoms with E-state index < -0.39 is 0 Å². The van der Waals surface area contributed by atoms with E-state index in [1.165, 1.54) is 0 Å². The molecule has 4 aromatic heterocycles. The molecule has 5 rings (SSSR count). The Morgan fingerprint density at radius 3 is 2.72 bits per heavy atom. The van der Waals surface area contributed by atoms with Crippen LogP contribution in [0.4, 0.5) is 17.3 Å². The van der Waals surface area contributed by atoms with Gasteiger partial charge in [-0.05, 0) is 18.2 Å². The number of halogens is 1. The third-order valence-electron chi connectivity index (χ3n) is 5.18. The van der Waals surface area contributed by atoms with E-state index in [9.17, 15) is 0 Å². The van der Waals surface area contributed by atoms with Crippen LogP contribution in [0.1, 0.15) is 0 Å². The Kier molecular flexibility index (Phi) is 5.66. The fraction of sp³-hybridized carbons (Fsp3) is 0.227. The standard InChI is InChI=1S/C22H21ClN8O/c1-32-18-13-26-12-17-20(18)22(31-6-4-24-5-7-31)30-21(29-17)14-2-3-27-19(8-14)28-16-9-15(23)10-25-11-16/h2-3,8-13,24H,4-7H2,1H3,(H,27,28). The van der Waals surface area contributed by atoms with Gasteiger partial charge >= 0.3 is 0 Å². The van der Waals surface area contributed by atoms with E-state index in [4.69, 9.17) is 26.3 Å². The van der Waals surface area contributed by atoms with E-state index in [0.717, 1.165) is 54.2 Å². The average Bonchev–Trinajstić information content (AvgIpc) is 2.83. The van der Waals surface area contributed by atoms with Crippen molar-refractivity contribution in [3.63, 3.8) is 0 Å². The summed E-state index contributed by atoms with van der Waals surface area (Å²) in [6.45, 7) is 3.49. The molecule has 0 atom stereocenters. The summed E-state index contributed by atoms with van der Waals surface area (Å²) >= 11 is 6.04. The molecule has 32 heavy (non-hydrogen) atoms. The zero-order valence-corrected chi connectivity index (χ0v) is 18.2. The van der Waals surface area contributed by atoms with Gasteiger partial charge in [0.15, 0.2) is 5.82 Å². The van der Waals surface area contributed by atoms with Gasteiger partial charge in [-0.2, -0.15) is 0 Å². The Labute approximate surface area is 189 Å². The molecule has 9 nitrogen and oxygen atoms in total. The van der Waals surface area contributed by atoms with Crippen molar-refractivity contribution in [1.29, 1.82) is 0 Å². The number of fused-ring (bicyclic) bond motifs is 1.